The van der Waals surface area contributed by atoms with Gasteiger partial charge in [-0.1, -0.05) is 123 Å². The molecular formula is C46H50N3OS2+. The summed E-state index contributed by atoms with van der Waals surface area (Å²) in [6, 6.07) is 26.6. The molecule has 0 aromatic heterocycles. The van der Waals surface area contributed by atoms with E-state index in [-0.39, 0.29) is 16.7 Å². The van der Waals surface area contributed by atoms with Gasteiger partial charge in [0.15, 0.2) is 5.71 Å². The molecule has 0 unspecified atom stereocenters. The molecule has 1 amide bonds. The van der Waals surface area contributed by atoms with Crippen LogP contribution in [-0.4, -0.2) is 50.8 Å². The minimum absolute atomic E-state index is 0.0937. The molecule has 0 aliphatic carbocycles. The number of carbonyl (C=O) groups is 1. The second-order valence-electron chi connectivity index (χ2n) is 15.0. The number of unbranched alkanes of at least 4 members (excludes halogenated alkanes) is 2. The van der Waals surface area contributed by atoms with Gasteiger partial charge in [-0.05, 0) is 78.9 Å². The van der Waals surface area contributed by atoms with Crippen molar-refractivity contribution >= 4 is 72.8 Å². The lowest BCUT2D eigenvalue weighted by Gasteiger charge is -2.26. The highest BCUT2D eigenvalue weighted by Crippen LogP contribution is 2.50. The number of thioether (sulfide) groups is 1. The van der Waals surface area contributed by atoms with Crippen molar-refractivity contribution in [2.24, 2.45) is 0 Å². The third-order valence-corrected chi connectivity index (χ3v) is 12.5. The highest BCUT2D eigenvalue weighted by atomic mass is 32.2. The Kier molecular flexibility index (Phi) is 10.4. The number of benzene rings is 4. The predicted octanol–water partition coefficient (Wildman–Crippen LogP) is 11.2. The number of allylic oxidation sites excluding steroid dienone is 8. The van der Waals surface area contributed by atoms with Crippen LogP contribution in [0, 0.1) is 0 Å². The molecule has 3 aliphatic heterocycles. The van der Waals surface area contributed by atoms with Gasteiger partial charge in [-0.15, -0.1) is 0 Å². The van der Waals surface area contributed by atoms with Gasteiger partial charge in [0.05, 0.1) is 5.41 Å². The van der Waals surface area contributed by atoms with Crippen molar-refractivity contribution in [2.75, 3.05) is 30.3 Å². The van der Waals surface area contributed by atoms with Crippen LogP contribution < -0.4 is 4.90 Å². The van der Waals surface area contributed by atoms with E-state index in [2.05, 4.69) is 159 Å². The molecule has 0 bridgehead atoms. The molecule has 0 atom stereocenters. The maximum absolute atomic E-state index is 12.7. The topological polar surface area (TPSA) is 26.6 Å². The van der Waals surface area contributed by atoms with Crippen molar-refractivity contribution in [1.82, 2.24) is 4.90 Å². The normalized spacial score (nSPS) is 18.8. The smallest absolute Gasteiger partial charge is 0.228 e. The first-order chi connectivity index (χ1) is 25.1. The molecule has 1 fully saturated rings. The number of thiocarbonyl (C=S) groups is 1. The van der Waals surface area contributed by atoms with Crippen LogP contribution in [0.25, 0.3) is 21.5 Å². The van der Waals surface area contributed by atoms with Crippen molar-refractivity contribution < 1.29 is 9.37 Å². The van der Waals surface area contributed by atoms with Gasteiger partial charge >= 0.3 is 0 Å². The van der Waals surface area contributed by atoms with Gasteiger partial charge in [0.2, 0.25) is 11.6 Å². The summed E-state index contributed by atoms with van der Waals surface area (Å²) in [6.07, 6.45) is 18.8. The van der Waals surface area contributed by atoms with Crippen LogP contribution in [0.5, 0.6) is 0 Å². The van der Waals surface area contributed by atoms with E-state index in [9.17, 15) is 4.79 Å². The highest BCUT2D eigenvalue weighted by molar-refractivity contribution is 8.23. The van der Waals surface area contributed by atoms with Crippen LogP contribution >= 0.6 is 24.0 Å². The average Bonchev–Trinajstić information content (AvgIpc) is 3.74. The Morgan fingerprint density at radius 3 is 2.19 bits per heavy atom. The third-order valence-electron chi connectivity index (χ3n) is 11.1. The van der Waals surface area contributed by atoms with Crippen molar-refractivity contribution in [3.8, 4) is 0 Å². The van der Waals surface area contributed by atoms with E-state index in [0.29, 0.717) is 6.42 Å². The molecule has 4 aromatic rings. The number of amides is 1. The molecule has 52 heavy (non-hydrogen) atoms. The van der Waals surface area contributed by atoms with Crippen LogP contribution in [0.1, 0.15) is 71.4 Å². The van der Waals surface area contributed by atoms with Gasteiger partial charge < -0.3 is 4.90 Å². The Labute approximate surface area is 319 Å². The maximum atomic E-state index is 12.7. The van der Waals surface area contributed by atoms with Crippen molar-refractivity contribution in [1.29, 1.82) is 0 Å². The highest BCUT2D eigenvalue weighted by Gasteiger charge is 2.45. The van der Waals surface area contributed by atoms with Gasteiger partial charge in [0.25, 0.3) is 0 Å². The van der Waals surface area contributed by atoms with Gasteiger partial charge in [0.1, 0.15) is 10.9 Å². The number of anilines is 1. The maximum Gasteiger partial charge on any atom is 0.228 e. The number of fused-ring (bicyclic) bond motifs is 6. The Morgan fingerprint density at radius 1 is 0.808 bits per heavy atom. The van der Waals surface area contributed by atoms with Gasteiger partial charge in [0, 0.05) is 66.2 Å². The molecular weight excluding hydrogens is 675 g/mol. The quantitative estimate of drug-likeness (QED) is 0.0666. The molecule has 3 heterocycles. The summed E-state index contributed by atoms with van der Waals surface area (Å²) < 4.78 is 3.25. The Hall–Kier alpha value is -4.26. The number of hydrogen-bond acceptors (Lipinski definition) is 4. The standard InChI is InChI=1S/C46H50N3OS2/c1-6-47-37-28-26-33-19-14-16-21-35(33)42(37)45(2,3)39(47)23-11-8-7-9-12-24-40-46(4,5)43-36-22-17-15-20-34(36)27-29-38(43)48(40)30-18-10-13-25-41(50)49-31-32-52-44(49)51/h7-9,11-12,14-17,19-24,26-29H,6,10,13,18,25,30-32H2,1-5H3/q+1. The van der Waals surface area contributed by atoms with E-state index in [1.54, 1.807) is 16.7 Å². The molecule has 0 N–H and O–H groups in total. The zero-order valence-electron chi connectivity index (χ0n) is 31.2. The van der Waals surface area contributed by atoms with Crippen LogP contribution in [0.2, 0.25) is 0 Å². The summed E-state index contributed by atoms with van der Waals surface area (Å²) in [7, 11) is 0. The molecule has 0 radical (unpaired) electrons. The fourth-order valence-electron chi connectivity index (χ4n) is 8.62. The largest absolute Gasteiger partial charge is 0.344 e. The monoisotopic (exact) mass is 724 g/mol. The van der Waals surface area contributed by atoms with Crippen molar-refractivity contribution in [2.45, 2.75) is 71.1 Å². The number of carbonyl (C=O) groups excluding carboxylic acids is 1. The van der Waals surface area contributed by atoms with Crippen LogP contribution in [-0.2, 0) is 15.6 Å². The fourth-order valence-corrected chi connectivity index (χ4v) is 9.86. The summed E-state index contributed by atoms with van der Waals surface area (Å²) in [4.78, 5) is 17.0. The first-order valence-electron chi connectivity index (χ1n) is 18.8. The van der Waals surface area contributed by atoms with E-state index >= 15 is 0 Å². The second-order valence-corrected chi connectivity index (χ2v) is 16.8. The van der Waals surface area contributed by atoms with Crippen LogP contribution in [0.4, 0.5) is 11.4 Å². The summed E-state index contributed by atoms with van der Waals surface area (Å²) >= 11 is 6.98. The molecule has 266 valence electrons. The second kappa shape index (κ2) is 15.0. The Balaban J connectivity index is 1.08. The SMILES string of the molecule is CCN1/C(=C/C=C/C=C/C=C/C2=[N+](CCCCCC(=O)N3CCSC3=S)c3ccc4ccccc4c3C2(C)C)C(C)(C)c2c1ccc1ccccc21. The molecule has 4 nitrogen and oxygen atoms in total. The molecule has 4 aromatic carbocycles. The summed E-state index contributed by atoms with van der Waals surface area (Å²) in [5, 5.41) is 5.23. The molecule has 0 spiro atoms. The lowest BCUT2D eigenvalue weighted by Crippen LogP contribution is -2.30. The number of nitrogens with zero attached hydrogens (tertiary/aromatic N) is 3. The van der Waals surface area contributed by atoms with Crippen LogP contribution in [0.3, 0.4) is 0 Å². The van der Waals surface area contributed by atoms with Crippen molar-refractivity contribution in [3.05, 3.63) is 132 Å². The third kappa shape index (κ3) is 6.60. The predicted molar refractivity (Wildman–Crippen MR) is 228 cm³/mol. The molecule has 0 saturated carbocycles. The average molecular weight is 725 g/mol. The van der Waals surface area contributed by atoms with E-state index in [1.807, 2.05) is 0 Å². The Bertz CT molecular complexity index is 2200. The first kappa shape index (κ1) is 36.1. The minimum Gasteiger partial charge on any atom is -0.344 e. The van der Waals surface area contributed by atoms with Gasteiger partial charge in [-0.2, -0.15) is 4.58 Å². The van der Waals surface area contributed by atoms with Crippen LogP contribution in [0.15, 0.2) is 121 Å². The van der Waals surface area contributed by atoms with E-state index in [1.165, 1.54) is 55.5 Å². The molecule has 7 rings (SSSR count). The zero-order chi connectivity index (χ0) is 36.5. The Morgan fingerprint density at radius 2 is 1.48 bits per heavy atom. The van der Waals surface area contributed by atoms with E-state index in [4.69, 9.17) is 12.2 Å². The number of hydrogen-bond donors (Lipinski definition) is 0. The minimum atomic E-state index is -0.156. The fraction of sp³-hybridized carbons (Fsp3) is 0.326. The zero-order valence-corrected chi connectivity index (χ0v) is 32.8. The summed E-state index contributed by atoms with van der Waals surface area (Å²) in [5.74, 6) is 1.09. The lowest BCUT2D eigenvalue weighted by molar-refractivity contribution is -0.438. The number of rotatable bonds is 11. The molecule has 6 heteroatoms. The molecule has 1 saturated heterocycles. The van der Waals surface area contributed by atoms with Gasteiger partial charge in [-0.25, -0.2) is 0 Å². The van der Waals surface area contributed by atoms with Crippen molar-refractivity contribution in [3.63, 3.8) is 0 Å². The van der Waals surface area contributed by atoms with E-state index < -0.39 is 0 Å². The summed E-state index contributed by atoms with van der Waals surface area (Å²) in [6.45, 7) is 14.2. The van der Waals surface area contributed by atoms with Gasteiger partial charge in [-0.3, -0.25) is 9.69 Å². The lowest BCUT2D eigenvalue weighted by atomic mass is 9.79. The molecule has 3 aliphatic rings. The first-order valence-corrected chi connectivity index (χ1v) is 20.2. The summed E-state index contributed by atoms with van der Waals surface area (Å²) in [5.41, 5.74) is 7.81. The van der Waals surface area contributed by atoms with E-state index in [0.717, 1.165) is 49.0 Å². The number of likely N-dealkylation sites (N-methyl/N-ethyl adjacent to an activating group) is 1.